The van der Waals surface area contributed by atoms with Crippen LogP contribution in [0.2, 0.25) is 0 Å². The Bertz CT molecular complexity index is 460. The van der Waals surface area contributed by atoms with E-state index in [1.807, 2.05) is 6.92 Å². The Hall–Kier alpha value is -1.91. The fraction of sp³-hybridized carbons (Fsp3) is 0.385. The Kier molecular flexibility index (Phi) is 4.83. The number of hydrogen-bond acceptors (Lipinski definition) is 2. The average Bonchev–Trinajstić information content (AvgIpc) is 2.28. The Labute approximate surface area is 105 Å². The molecule has 1 aromatic carbocycles. The third-order valence-electron chi connectivity index (χ3n) is 2.64. The highest BCUT2D eigenvalue weighted by Gasteiger charge is 2.14. The first-order valence-corrected chi connectivity index (χ1v) is 5.79. The standard InChI is InChI=1S/C13H16FNO3/c1-3-4-8(2)12(16)15-9-5-6-10(13(17)18)11(14)7-9/h5-8H,3-4H2,1-2H3,(H,15,16)(H,17,18). The summed E-state index contributed by atoms with van der Waals surface area (Å²) in [5.41, 5.74) is -0.139. The van der Waals surface area contributed by atoms with E-state index in [0.29, 0.717) is 0 Å². The highest BCUT2D eigenvalue weighted by atomic mass is 19.1. The topological polar surface area (TPSA) is 66.4 Å². The van der Waals surface area contributed by atoms with Crippen molar-refractivity contribution in [3.05, 3.63) is 29.6 Å². The normalized spacial score (nSPS) is 11.9. The van der Waals surface area contributed by atoms with Crippen molar-refractivity contribution in [2.75, 3.05) is 5.32 Å². The summed E-state index contributed by atoms with van der Waals surface area (Å²) in [5, 5.41) is 11.2. The molecule has 2 N–H and O–H groups in total. The molecular weight excluding hydrogens is 237 g/mol. The minimum absolute atomic E-state index is 0.155. The number of carbonyl (C=O) groups excluding carboxylic acids is 1. The zero-order valence-electron chi connectivity index (χ0n) is 10.4. The van der Waals surface area contributed by atoms with Crippen LogP contribution in [0.4, 0.5) is 10.1 Å². The van der Waals surface area contributed by atoms with Crippen molar-refractivity contribution < 1.29 is 19.1 Å². The molecular formula is C13H16FNO3. The van der Waals surface area contributed by atoms with E-state index in [9.17, 15) is 14.0 Å². The largest absolute Gasteiger partial charge is 0.478 e. The number of anilines is 1. The van der Waals surface area contributed by atoms with Crippen LogP contribution in [-0.2, 0) is 4.79 Å². The Balaban J connectivity index is 2.77. The number of benzene rings is 1. The van der Waals surface area contributed by atoms with E-state index in [2.05, 4.69) is 5.32 Å². The molecule has 1 amide bonds. The van der Waals surface area contributed by atoms with Gasteiger partial charge in [0.2, 0.25) is 5.91 Å². The summed E-state index contributed by atoms with van der Waals surface area (Å²) < 4.78 is 13.4. The molecule has 0 radical (unpaired) electrons. The van der Waals surface area contributed by atoms with Crippen molar-refractivity contribution in [2.24, 2.45) is 5.92 Å². The molecule has 98 valence electrons. The highest BCUT2D eigenvalue weighted by Crippen LogP contribution is 2.16. The third-order valence-corrected chi connectivity index (χ3v) is 2.64. The maximum absolute atomic E-state index is 13.4. The van der Waals surface area contributed by atoms with Gasteiger partial charge in [-0.3, -0.25) is 4.79 Å². The molecule has 0 spiro atoms. The van der Waals surface area contributed by atoms with Gasteiger partial charge in [0.15, 0.2) is 0 Å². The minimum atomic E-state index is -1.33. The van der Waals surface area contributed by atoms with E-state index in [0.717, 1.165) is 25.0 Å². The summed E-state index contributed by atoms with van der Waals surface area (Å²) in [6.45, 7) is 3.77. The van der Waals surface area contributed by atoms with E-state index in [-0.39, 0.29) is 17.5 Å². The molecule has 0 aliphatic heterocycles. The molecule has 4 nitrogen and oxygen atoms in total. The first kappa shape index (κ1) is 14.2. The van der Waals surface area contributed by atoms with Crippen molar-refractivity contribution >= 4 is 17.6 Å². The van der Waals surface area contributed by atoms with Gasteiger partial charge in [0.1, 0.15) is 5.82 Å². The number of amides is 1. The monoisotopic (exact) mass is 253 g/mol. The molecule has 0 fully saturated rings. The molecule has 1 atom stereocenters. The zero-order valence-corrected chi connectivity index (χ0v) is 10.4. The van der Waals surface area contributed by atoms with Crippen LogP contribution in [0.1, 0.15) is 37.0 Å². The van der Waals surface area contributed by atoms with Crippen LogP contribution < -0.4 is 5.32 Å². The van der Waals surface area contributed by atoms with Crippen molar-refractivity contribution in [1.82, 2.24) is 0 Å². The van der Waals surface area contributed by atoms with Crippen LogP contribution >= 0.6 is 0 Å². The molecule has 0 heterocycles. The number of carbonyl (C=O) groups is 2. The van der Waals surface area contributed by atoms with Gasteiger partial charge in [-0.2, -0.15) is 0 Å². The summed E-state index contributed by atoms with van der Waals surface area (Å²) >= 11 is 0. The molecule has 0 saturated heterocycles. The summed E-state index contributed by atoms with van der Waals surface area (Å²) in [4.78, 5) is 22.3. The van der Waals surface area contributed by atoms with Crippen molar-refractivity contribution in [1.29, 1.82) is 0 Å². The van der Waals surface area contributed by atoms with Gasteiger partial charge in [-0.05, 0) is 24.6 Å². The summed E-state index contributed by atoms with van der Waals surface area (Å²) in [5.74, 6) is -2.54. The quantitative estimate of drug-likeness (QED) is 0.847. The first-order valence-electron chi connectivity index (χ1n) is 5.79. The summed E-state index contributed by atoms with van der Waals surface area (Å²) in [6, 6.07) is 3.53. The Morgan fingerprint density at radius 1 is 1.44 bits per heavy atom. The fourth-order valence-corrected chi connectivity index (χ4v) is 1.60. The molecule has 1 rings (SSSR count). The number of halogens is 1. The predicted molar refractivity (Wildman–Crippen MR) is 66.1 cm³/mol. The maximum Gasteiger partial charge on any atom is 0.338 e. The highest BCUT2D eigenvalue weighted by molar-refractivity contribution is 5.93. The maximum atomic E-state index is 13.4. The molecule has 0 saturated carbocycles. The van der Waals surface area contributed by atoms with Crippen LogP contribution in [0.5, 0.6) is 0 Å². The molecule has 0 aliphatic rings. The van der Waals surface area contributed by atoms with E-state index in [4.69, 9.17) is 5.11 Å². The SMILES string of the molecule is CCCC(C)C(=O)Nc1ccc(C(=O)O)c(F)c1. The van der Waals surface area contributed by atoms with Crippen LogP contribution in [0.15, 0.2) is 18.2 Å². The number of carboxylic acid groups (broad SMARTS) is 1. The van der Waals surface area contributed by atoms with E-state index in [1.165, 1.54) is 6.07 Å². The number of hydrogen-bond donors (Lipinski definition) is 2. The van der Waals surface area contributed by atoms with Crippen molar-refractivity contribution in [3.63, 3.8) is 0 Å². The lowest BCUT2D eigenvalue weighted by Crippen LogP contribution is -2.20. The lowest BCUT2D eigenvalue weighted by atomic mass is 10.1. The van der Waals surface area contributed by atoms with Gasteiger partial charge in [-0.15, -0.1) is 0 Å². The van der Waals surface area contributed by atoms with Gasteiger partial charge >= 0.3 is 5.97 Å². The van der Waals surface area contributed by atoms with Gasteiger partial charge in [-0.25, -0.2) is 9.18 Å². The number of nitrogens with one attached hydrogen (secondary N) is 1. The van der Waals surface area contributed by atoms with Crippen LogP contribution in [0, 0.1) is 11.7 Å². The Morgan fingerprint density at radius 2 is 2.11 bits per heavy atom. The fourth-order valence-electron chi connectivity index (χ4n) is 1.60. The van der Waals surface area contributed by atoms with Crippen LogP contribution in [0.25, 0.3) is 0 Å². The summed E-state index contributed by atoms with van der Waals surface area (Å²) in [6.07, 6.45) is 1.64. The molecule has 0 bridgehead atoms. The second kappa shape index (κ2) is 6.14. The average molecular weight is 253 g/mol. The first-order chi connectivity index (χ1) is 8.45. The molecule has 5 heteroatoms. The van der Waals surface area contributed by atoms with Gasteiger partial charge < -0.3 is 10.4 Å². The smallest absolute Gasteiger partial charge is 0.338 e. The van der Waals surface area contributed by atoms with Gasteiger partial charge in [-0.1, -0.05) is 20.3 Å². The van der Waals surface area contributed by atoms with Gasteiger partial charge in [0.05, 0.1) is 5.56 Å². The zero-order chi connectivity index (χ0) is 13.7. The molecule has 1 aromatic rings. The van der Waals surface area contributed by atoms with Crippen molar-refractivity contribution in [3.8, 4) is 0 Å². The Morgan fingerprint density at radius 3 is 2.61 bits per heavy atom. The van der Waals surface area contributed by atoms with Crippen molar-refractivity contribution in [2.45, 2.75) is 26.7 Å². The van der Waals surface area contributed by atoms with Crippen LogP contribution in [0.3, 0.4) is 0 Å². The molecule has 0 aromatic heterocycles. The molecule has 1 unspecified atom stereocenters. The van der Waals surface area contributed by atoms with E-state index < -0.39 is 17.3 Å². The van der Waals surface area contributed by atoms with Crippen LogP contribution in [-0.4, -0.2) is 17.0 Å². The third kappa shape index (κ3) is 3.55. The molecule has 0 aliphatic carbocycles. The molecule has 18 heavy (non-hydrogen) atoms. The minimum Gasteiger partial charge on any atom is -0.478 e. The number of aromatic carboxylic acids is 1. The number of carboxylic acids is 1. The lowest BCUT2D eigenvalue weighted by molar-refractivity contribution is -0.119. The number of rotatable bonds is 5. The van der Waals surface area contributed by atoms with Gasteiger partial charge in [0, 0.05) is 11.6 Å². The summed E-state index contributed by atoms with van der Waals surface area (Å²) in [7, 11) is 0. The van der Waals surface area contributed by atoms with E-state index in [1.54, 1.807) is 6.92 Å². The predicted octanol–water partition coefficient (Wildman–Crippen LogP) is 2.90. The van der Waals surface area contributed by atoms with Gasteiger partial charge in [0.25, 0.3) is 0 Å². The lowest BCUT2D eigenvalue weighted by Gasteiger charge is -2.11. The second-order valence-corrected chi connectivity index (χ2v) is 4.18. The van der Waals surface area contributed by atoms with E-state index >= 15 is 0 Å². The second-order valence-electron chi connectivity index (χ2n) is 4.18.